The molecule has 0 atom stereocenters. The summed E-state index contributed by atoms with van der Waals surface area (Å²) in [5.41, 5.74) is 0.449. The summed E-state index contributed by atoms with van der Waals surface area (Å²) in [5.74, 6) is -0.299. The van der Waals surface area contributed by atoms with E-state index in [0.29, 0.717) is 5.57 Å². The first-order valence-corrected chi connectivity index (χ1v) is 26.2. The molecular formula is C31H68O5Si4. The molecule has 238 valence electrons. The van der Waals surface area contributed by atoms with Crippen molar-refractivity contribution in [1.29, 1.82) is 0 Å². The molecular weight excluding hydrogens is 565 g/mol. The van der Waals surface area contributed by atoms with Crippen LogP contribution >= 0.6 is 0 Å². The third-order valence-corrected chi connectivity index (χ3v) is 29.2. The third-order valence-electron chi connectivity index (χ3n) is 7.68. The number of rotatable bonds is 26. The minimum absolute atomic E-state index is 0.299. The predicted molar refractivity (Wildman–Crippen MR) is 183 cm³/mol. The fourth-order valence-electron chi connectivity index (χ4n) is 6.56. The average Bonchev–Trinajstić information content (AvgIpc) is 2.85. The molecule has 0 N–H and O–H groups in total. The highest BCUT2D eigenvalue weighted by molar-refractivity contribution is 6.91. The fourth-order valence-corrected chi connectivity index (χ4v) is 31.2. The molecule has 0 amide bonds. The zero-order valence-corrected chi connectivity index (χ0v) is 32.5. The van der Waals surface area contributed by atoms with E-state index in [1.807, 2.05) is 0 Å². The van der Waals surface area contributed by atoms with Crippen LogP contribution < -0.4 is 0 Å². The van der Waals surface area contributed by atoms with Crippen LogP contribution in [0.5, 0.6) is 0 Å². The number of carbonyl (C=O) groups excluding carboxylic acids is 1. The van der Waals surface area contributed by atoms with Crippen LogP contribution in [0.15, 0.2) is 12.2 Å². The van der Waals surface area contributed by atoms with Crippen molar-refractivity contribution < 1.29 is 21.6 Å². The first-order chi connectivity index (χ1) is 19.0. The van der Waals surface area contributed by atoms with Gasteiger partial charge in [0.1, 0.15) is 0 Å². The Labute approximate surface area is 254 Å². The second-order valence-electron chi connectivity index (χ2n) is 12.1. The molecule has 0 saturated heterocycles. The molecule has 0 heterocycles. The van der Waals surface area contributed by atoms with Crippen LogP contribution in [0.2, 0.25) is 54.4 Å². The van der Waals surface area contributed by atoms with E-state index < -0.39 is 34.0 Å². The normalized spacial score (nSPS) is 13.1. The Hall–Kier alpha value is -0.0425. The van der Waals surface area contributed by atoms with Crippen molar-refractivity contribution in [3.8, 4) is 0 Å². The molecule has 0 fully saturated rings. The van der Waals surface area contributed by atoms with Crippen LogP contribution in [0.1, 0.15) is 127 Å². The molecule has 0 rings (SSSR count). The zero-order valence-electron chi connectivity index (χ0n) is 28.5. The Morgan fingerprint density at radius 2 is 0.750 bits per heavy atom. The largest absolute Gasteiger partial charge is 0.491 e. The second-order valence-corrected chi connectivity index (χ2v) is 27.1. The highest BCUT2D eigenvalue weighted by Gasteiger charge is 2.55. The van der Waals surface area contributed by atoms with Gasteiger partial charge in [0, 0.05) is 17.7 Å². The van der Waals surface area contributed by atoms with Crippen LogP contribution in [0.4, 0.5) is 0 Å². The number of carbonyl (C=O) groups is 1. The summed E-state index contributed by atoms with van der Waals surface area (Å²) in [6, 6.07) is 9.20. The van der Waals surface area contributed by atoms with Crippen LogP contribution in [0.25, 0.3) is 0 Å². The molecule has 0 aliphatic heterocycles. The Bertz CT molecular complexity index is 668. The maximum atomic E-state index is 13.0. The van der Waals surface area contributed by atoms with E-state index in [4.69, 9.17) is 16.8 Å². The van der Waals surface area contributed by atoms with E-state index in [9.17, 15) is 4.79 Å². The quantitative estimate of drug-likeness (QED) is 0.0701. The number of hydrogen-bond acceptors (Lipinski definition) is 5. The highest BCUT2D eigenvalue weighted by atomic mass is 28.5. The van der Waals surface area contributed by atoms with Gasteiger partial charge in [-0.2, -0.15) is 0 Å². The molecule has 40 heavy (non-hydrogen) atoms. The molecule has 0 radical (unpaired) electrons. The van der Waals surface area contributed by atoms with Gasteiger partial charge in [-0.05, 0) is 49.2 Å². The predicted octanol–water partition coefficient (Wildman–Crippen LogP) is 11.1. The molecule has 0 aromatic heterocycles. The van der Waals surface area contributed by atoms with E-state index in [2.05, 4.69) is 68.9 Å². The lowest BCUT2D eigenvalue weighted by Crippen LogP contribution is -2.63. The van der Waals surface area contributed by atoms with Crippen LogP contribution in [0, 0.1) is 0 Å². The van der Waals surface area contributed by atoms with Crippen molar-refractivity contribution in [2.75, 3.05) is 0 Å². The van der Waals surface area contributed by atoms with Crippen molar-refractivity contribution in [2.45, 2.75) is 181 Å². The maximum absolute atomic E-state index is 13.0. The molecule has 9 heteroatoms. The van der Waals surface area contributed by atoms with Gasteiger partial charge >= 0.3 is 31.7 Å². The molecule has 0 spiro atoms. The minimum Gasteiger partial charge on any atom is -0.491 e. The number of hydrogen-bond donors (Lipinski definition) is 0. The molecule has 0 saturated carbocycles. The zero-order chi connectivity index (χ0) is 30.7. The van der Waals surface area contributed by atoms with Crippen molar-refractivity contribution in [3.05, 3.63) is 12.2 Å². The van der Waals surface area contributed by atoms with Crippen LogP contribution in [-0.4, -0.2) is 40.0 Å². The van der Waals surface area contributed by atoms with Crippen molar-refractivity contribution in [2.24, 2.45) is 0 Å². The molecule has 5 nitrogen and oxygen atoms in total. The first kappa shape index (κ1) is 40.0. The topological polar surface area (TPSA) is 54.0 Å². The Morgan fingerprint density at radius 1 is 0.475 bits per heavy atom. The molecule has 0 aromatic rings. The summed E-state index contributed by atoms with van der Waals surface area (Å²) in [5, 5.41) is 0. The van der Waals surface area contributed by atoms with Crippen molar-refractivity contribution in [1.82, 2.24) is 0 Å². The summed E-state index contributed by atoms with van der Waals surface area (Å²) >= 11 is 0. The lowest BCUT2D eigenvalue weighted by atomic mass is 10.4. The summed E-state index contributed by atoms with van der Waals surface area (Å²) in [7, 11) is -10.2. The second kappa shape index (κ2) is 20.8. The SMILES string of the molecule is C=C(C)C(=O)O[Si](CCC)(CCC)O[Si](CCC)(CCC)O[Si](CCC)(CCC)O[Si](CCC)(CCC)CCC. The van der Waals surface area contributed by atoms with Gasteiger partial charge in [-0.25, -0.2) is 4.79 Å². The fraction of sp³-hybridized carbons (Fsp3) is 0.903. The van der Waals surface area contributed by atoms with Gasteiger partial charge in [0.2, 0.25) is 0 Å². The molecule has 0 aliphatic rings. The summed E-state index contributed by atoms with van der Waals surface area (Å²) in [6.45, 7) is 26.0. The smallest absolute Gasteiger partial charge is 0.393 e. The minimum atomic E-state index is -2.88. The van der Waals surface area contributed by atoms with E-state index in [-0.39, 0.29) is 5.97 Å². The monoisotopic (exact) mass is 632 g/mol. The summed E-state index contributed by atoms with van der Waals surface area (Å²) < 4.78 is 29.4. The van der Waals surface area contributed by atoms with Gasteiger partial charge in [-0.3, -0.25) is 0 Å². The molecule has 0 aliphatic carbocycles. The van der Waals surface area contributed by atoms with Gasteiger partial charge in [-0.15, -0.1) is 0 Å². The lowest BCUT2D eigenvalue weighted by molar-refractivity contribution is -0.132. The van der Waals surface area contributed by atoms with Crippen LogP contribution in [0.3, 0.4) is 0 Å². The first-order valence-electron chi connectivity index (χ1n) is 17.0. The average molecular weight is 633 g/mol. The Balaban J connectivity index is 7.07. The van der Waals surface area contributed by atoms with Gasteiger partial charge in [0.15, 0.2) is 8.32 Å². The van der Waals surface area contributed by atoms with Gasteiger partial charge in [0.05, 0.1) is 0 Å². The van der Waals surface area contributed by atoms with Gasteiger partial charge < -0.3 is 16.8 Å². The lowest BCUT2D eigenvalue weighted by Gasteiger charge is -2.48. The standard InChI is InChI=1S/C31H68O5Si4/c1-12-21-37(22-13-2,23-14-3)34-39(26-17-6,27-18-7)36-40(28-19-8,29-20-9)35-38(24-15-4,25-16-5)33-31(32)30(10)11/h10,12-29H2,1-9,11H3. The van der Waals surface area contributed by atoms with E-state index in [1.165, 1.54) is 37.4 Å². The molecule has 0 bridgehead atoms. The summed E-state index contributed by atoms with van der Waals surface area (Å²) in [4.78, 5) is 13.0. The Morgan fingerprint density at radius 3 is 1.05 bits per heavy atom. The van der Waals surface area contributed by atoms with E-state index in [1.54, 1.807) is 6.92 Å². The van der Waals surface area contributed by atoms with Crippen LogP contribution in [-0.2, 0) is 21.6 Å². The van der Waals surface area contributed by atoms with E-state index >= 15 is 0 Å². The summed E-state index contributed by atoms with van der Waals surface area (Å²) in [6.07, 6.45) is 9.55. The van der Waals surface area contributed by atoms with Crippen molar-refractivity contribution >= 4 is 40.0 Å². The van der Waals surface area contributed by atoms with E-state index in [0.717, 1.165) is 74.8 Å². The Kier molecular flexibility index (Phi) is 20.8. The molecule has 0 unspecified atom stereocenters. The van der Waals surface area contributed by atoms with Gasteiger partial charge in [-0.1, -0.05) is 127 Å². The third kappa shape index (κ3) is 13.1. The molecule has 0 aromatic carbocycles. The maximum Gasteiger partial charge on any atom is 0.393 e. The van der Waals surface area contributed by atoms with Gasteiger partial charge in [0.25, 0.3) is 0 Å². The van der Waals surface area contributed by atoms with Crippen molar-refractivity contribution in [3.63, 3.8) is 0 Å². The highest BCUT2D eigenvalue weighted by Crippen LogP contribution is 2.41.